The quantitative estimate of drug-likeness (QED) is 0.927. The van der Waals surface area contributed by atoms with Crippen LogP contribution in [0.25, 0.3) is 0 Å². The molecule has 0 amide bonds. The van der Waals surface area contributed by atoms with Gasteiger partial charge in [-0.2, -0.15) is 0 Å². The number of halogens is 1. The Morgan fingerprint density at radius 1 is 1.47 bits per heavy atom. The summed E-state index contributed by atoms with van der Waals surface area (Å²) in [6, 6.07) is 8.50. The second-order valence-electron chi connectivity index (χ2n) is 4.37. The lowest BCUT2D eigenvalue weighted by molar-refractivity contribution is -0.137. The Morgan fingerprint density at radius 3 is 2.94 bits per heavy atom. The number of anilines is 1. The van der Waals surface area contributed by atoms with Gasteiger partial charge in [0.15, 0.2) is 0 Å². The minimum Gasteiger partial charge on any atom is -0.481 e. The summed E-state index contributed by atoms with van der Waals surface area (Å²) in [5.41, 5.74) is 1.18. The number of carbonyl (C=O) groups is 1. The van der Waals surface area contributed by atoms with Gasteiger partial charge in [0.1, 0.15) is 0 Å². The molecule has 1 N–H and O–H groups in total. The van der Waals surface area contributed by atoms with Crippen LogP contribution in [0.3, 0.4) is 0 Å². The topological polar surface area (TPSA) is 40.5 Å². The first-order valence-electron chi connectivity index (χ1n) is 5.91. The van der Waals surface area contributed by atoms with Gasteiger partial charge >= 0.3 is 5.97 Å². The Balaban J connectivity index is 2.09. The first-order valence-corrected chi connectivity index (χ1v) is 6.71. The summed E-state index contributed by atoms with van der Waals surface area (Å²) in [5.74, 6) is -0.705. The van der Waals surface area contributed by atoms with Gasteiger partial charge < -0.3 is 10.0 Å². The van der Waals surface area contributed by atoms with E-state index in [2.05, 4.69) is 26.9 Å². The SMILES string of the molecule is O=C(O)CCC1CCCN1c1ccccc1Br. The van der Waals surface area contributed by atoms with Crippen molar-refractivity contribution in [3.05, 3.63) is 28.7 Å². The van der Waals surface area contributed by atoms with Crippen LogP contribution in [0.2, 0.25) is 0 Å². The number of hydrogen-bond acceptors (Lipinski definition) is 2. The number of hydrogen-bond donors (Lipinski definition) is 1. The lowest BCUT2D eigenvalue weighted by Crippen LogP contribution is -2.29. The number of para-hydroxylation sites is 1. The van der Waals surface area contributed by atoms with Crippen molar-refractivity contribution in [3.8, 4) is 0 Å². The van der Waals surface area contributed by atoms with Crippen LogP contribution in [0.1, 0.15) is 25.7 Å². The Morgan fingerprint density at radius 2 is 2.24 bits per heavy atom. The molecule has 1 aliphatic rings. The zero-order chi connectivity index (χ0) is 12.3. The molecule has 0 saturated carbocycles. The van der Waals surface area contributed by atoms with Gasteiger partial charge in [0.2, 0.25) is 0 Å². The molecule has 0 bridgehead atoms. The molecule has 0 aromatic heterocycles. The zero-order valence-electron chi connectivity index (χ0n) is 9.60. The van der Waals surface area contributed by atoms with Crippen LogP contribution in [0.5, 0.6) is 0 Å². The van der Waals surface area contributed by atoms with Gasteiger partial charge in [0, 0.05) is 23.5 Å². The predicted octanol–water partition coefficient (Wildman–Crippen LogP) is 3.28. The summed E-state index contributed by atoms with van der Waals surface area (Å²) in [6.07, 6.45) is 3.22. The van der Waals surface area contributed by atoms with Crippen LogP contribution >= 0.6 is 15.9 Å². The molecule has 4 heteroatoms. The second-order valence-corrected chi connectivity index (χ2v) is 5.23. The molecule has 1 saturated heterocycles. The second kappa shape index (κ2) is 5.54. The van der Waals surface area contributed by atoms with E-state index in [0.717, 1.165) is 30.3 Å². The third-order valence-corrected chi connectivity index (χ3v) is 3.90. The Labute approximate surface area is 110 Å². The van der Waals surface area contributed by atoms with Crippen LogP contribution in [0.4, 0.5) is 5.69 Å². The minimum absolute atomic E-state index is 0.256. The van der Waals surface area contributed by atoms with E-state index in [-0.39, 0.29) is 6.42 Å². The van der Waals surface area contributed by atoms with E-state index in [9.17, 15) is 4.79 Å². The third-order valence-electron chi connectivity index (χ3n) is 3.23. The van der Waals surface area contributed by atoms with Gasteiger partial charge in [0.05, 0.1) is 5.69 Å². The molecule has 0 spiro atoms. The lowest BCUT2D eigenvalue weighted by Gasteiger charge is -2.27. The molecule has 1 aromatic carbocycles. The van der Waals surface area contributed by atoms with Crippen LogP contribution in [0.15, 0.2) is 28.7 Å². The van der Waals surface area contributed by atoms with Gasteiger partial charge in [-0.05, 0) is 47.3 Å². The van der Waals surface area contributed by atoms with E-state index >= 15 is 0 Å². The zero-order valence-corrected chi connectivity index (χ0v) is 11.2. The van der Waals surface area contributed by atoms with Crippen molar-refractivity contribution < 1.29 is 9.90 Å². The summed E-state index contributed by atoms with van der Waals surface area (Å²) in [7, 11) is 0. The number of nitrogens with zero attached hydrogens (tertiary/aromatic N) is 1. The molecule has 0 radical (unpaired) electrons. The van der Waals surface area contributed by atoms with Crippen molar-refractivity contribution in [1.29, 1.82) is 0 Å². The highest BCUT2D eigenvalue weighted by Crippen LogP contribution is 2.33. The normalized spacial score (nSPS) is 19.6. The van der Waals surface area contributed by atoms with Crippen molar-refractivity contribution in [2.24, 2.45) is 0 Å². The Bertz CT molecular complexity index is 408. The number of benzene rings is 1. The molecule has 2 rings (SSSR count). The average molecular weight is 298 g/mol. The molecule has 0 aliphatic carbocycles. The molecule has 3 nitrogen and oxygen atoms in total. The molecule has 1 fully saturated rings. The van der Waals surface area contributed by atoms with Gasteiger partial charge in [-0.15, -0.1) is 0 Å². The van der Waals surface area contributed by atoms with Gasteiger partial charge in [0.25, 0.3) is 0 Å². The number of carboxylic acids is 1. The third kappa shape index (κ3) is 3.00. The highest BCUT2D eigenvalue weighted by molar-refractivity contribution is 9.10. The van der Waals surface area contributed by atoms with Crippen LogP contribution in [-0.2, 0) is 4.79 Å². The summed E-state index contributed by atoms with van der Waals surface area (Å²) in [5, 5.41) is 8.76. The summed E-state index contributed by atoms with van der Waals surface area (Å²) >= 11 is 3.56. The van der Waals surface area contributed by atoms with E-state index < -0.39 is 5.97 Å². The molecular formula is C13H16BrNO2. The molecule has 1 unspecified atom stereocenters. The number of rotatable bonds is 4. The molecule has 1 atom stereocenters. The standard InChI is InChI=1S/C13H16BrNO2/c14-11-5-1-2-6-12(11)15-9-3-4-10(15)7-8-13(16)17/h1-2,5-6,10H,3-4,7-9H2,(H,16,17). The van der Waals surface area contributed by atoms with Crippen LogP contribution in [0, 0.1) is 0 Å². The molecular weight excluding hydrogens is 282 g/mol. The maximum absolute atomic E-state index is 10.6. The van der Waals surface area contributed by atoms with Crippen molar-refractivity contribution in [2.75, 3.05) is 11.4 Å². The van der Waals surface area contributed by atoms with Gasteiger partial charge in [-0.25, -0.2) is 0 Å². The smallest absolute Gasteiger partial charge is 0.303 e. The molecule has 1 aromatic rings. The molecule has 17 heavy (non-hydrogen) atoms. The predicted molar refractivity (Wildman–Crippen MR) is 71.4 cm³/mol. The van der Waals surface area contributed by atoms with Crippen molar-refractivity contribution in [3.63, 3.8) is 0 Å². The Hall–Kier alpha value is -1.03. The summed E-state index contributed by atoms with van der Waals surface area (Å²) < 4.78 is 1.09. The van der Waals surface area contributed by atoms with Crippen molar-refractivity contribution in [1.82, 2.24) is 0 Å². The number of aliphatic carboxylic acids is 1. The van der Waals surface area contributed by atoms with Crippen molar-refractivity contribution in [2.45, 2.75) is 31.7 Å². The average Bonchev–Trinajstić information content (AvgIpc) is 2.75. The van der Waals surface area contributed by atoms with Crippen LogP contribution < -0.4 is 4.90 Å². The maximum atomic E-state index is 10.6. The number of carboxylic acid groups (broad SMARTS) is 1. The van der Waals surface area contributed by atoms with E-state index in [1.165, 1.54) is 5.69 Å². The first kappa shape index (κ1) is 12.4. The Kier molecular flexibility index (Phi) is 4.05. The highest BCUT2D eigenvalue weighted by atomic mass is 79.9. The fourth-order valence-electron chi connectivity index (χ4n) is 2.43. The van der Waals surface area contributed by atoms with E-state index in [4.69, 9.17) is 5.11 Å². The summed E-state index contributed by atoms with van der Waals surface area (Å²) in [6.45, 7) is 1.02. The largest absolute Gasteiger partial charge is 0.481 e. The monoisotopic (exact) mass is 297 g/mol. The van der Waals surface area contributed by atoms with Gasteiger partial charge in [-0.3, -0.25) is 4.79 Å². The van der Waals surface area contributed by atoms with E-state index in [0.29, 0.717) is 6.04 Å². The summed E-state index contributed by atoms with van der Waals surface area (Å²) in [4.78, 5) is 13.0. The molecule has 1 aliphatic heterocycles. The maximum Gasteiger partial charge on any atom is 0.303 e. The molecule has 1 heterocycles. The fraction of sp³-hybridized carbons (Fsp3) is 0.462. The van der Waals surface area contributed by atoms with E-state index in [1.807, 2.05) is 18.2 Å². The molecule has 92 valence electrons. The van der Waals surface area contributed by atoms with E-state index in [1.54, 1.807) is 0 Å². The minimum atomic E-state index is -0.705. The first-order chi connectivity index (χ1) is 8.18. The van der Waals surface area contributed by atoms with Crippen molar-refractivity contribution >= 4 is 27.6 Å². The fourth-order valence-corrected chi connectivity index (χ4v) is 2.94. The van der Waals surface area contributed by atoms with Gasteiger partial charge in [-0.1, -0.05) is 12.1 Å². The lowest BCUT2D eigenvalue weighted by atomic mass is 10.1. The van der Waals surface area contributed by atoms with Crippen LogP contribution in [-0.4, -0.2) is 23.7 Å². The highest BCUT2D eigenvalue weighted by Gasteiger charge is 2.26.